The molecule has 0 aromatic heterocycles. The predicted molar refractivity (Wildman–Crippen MR) is 108 cm³/mol. The third-order valence-corrected chi connectivity index (χ3v) is 5.44. The summed E-state index contributed by atoms with van der Waals surface area (Å²) in [5, 5.41) is 6.37. The van der Waals surface area contributed by atoms with Crippen LogP contribution in [0.25, 0.3) is 0 Å². The molecule has 0 unspecified atom stereocenters. The number of amides is 3. The molecule has 0 aliphatic carbocycles. The lowest BCUT2D eigenvalue weighted by atomic mass is 9.79. The highest BCUT2D eigenvalue weighted by Crippen LogP contribution is 2.32. The second-order valence-electron chi connectivity index (χ2n) is 7.13. The number of nitrogens with zero attached hydrogens (tertiary/aromatic N) is 1. The molecule has 27 heavy (non-hydrogen) atoms. The van der Waals surface area contributed by atoms with E-state index in [0.29, 0.717) is 43.2 Å². The quantitative estimate of drug-likeness (QED) is 0.824. The van der Waals surface area contributed by atoms with E-state index in [4.69, 9.17) is 11.6 Å². The molecule has 1 aliphatic heterocycles. The lowest BCUT2D eigenvalue weighted by Gasteiger charge is -2.38. The number of carbonyl (C=O) groups is 2. The standard InChI is InChI=1S/C21H24ClN3O2/c1-21(19(26)23-15-16-7-3-2-4-8-16)11-13-25(14-12-21)20(27)24-18-10-6-5-9-17(18)22/h2-10H,11-15H2,1H3,(H,23,26)(H,24,27). The van der Waals surface area contributed by atoms with Crippen LogP contribution in [0.3, 0.4) is 0 Å². The fraction of sp³-hybridized carbons (Fsp3) is 0.333. The summed E-state index contributed by atoms with van der Waals surface area (Å²) in [5.41, 5.74) is 1.21. The fourth-order valence-electron chi connectivity index (χ4n) is 3.18. The third kappa shape index (κ3) is 4.80. The zero-order chi connectivity index (χ0) is 19.3. The Kier molecular flexibility index (Phi) is 6.01. The minimum absolute atomic E-state index is 0.0394. The van der Waals surface area contributed by atoms with Crippen molar-refractivity contribution in [3.05, 3.63) is 65.2 Å². The van der Waals surface area contributed by atoms with Crippen LogP contribution in [0.5, 0.6) is 0 Å². The maximum atomic E-state index is 12.7. The highest BCUT2D eigenvalue weighted by atomic mass is 35.5. The van der Waals surface area contributed by atoms with E-state index >= 15 is 0 Å². The maximum absolute atomic E-state index is 12.7. The molecule has 0 spiro atoms. The van der Waals surface area contributed by atoms with E-state index in [9.17, 15) is 9.59 Å². The third-order valence-electron chi connectivity index (χ3n) is 5.11. The zero-order valence-electron chi connectivity index (χ0n) is 15.4. The summed E-state index contributed by atoms with van der Waals surface area (Å²) in [6, 6.07) is 16.8. The molecule has 1 aliphatic rings. The summed E-state index contributed by atoms with van der Waals surface area (Å²) in [7, 11) is 0. The largest absolute Gasteiger partial charge is 0.352 e. The molecule has 0 atom stereocenters. The molecule has 1 saturated heterocycles. The molecule has 1 fully saturated rings. The van der Waals surface area contributed by atoms with Crippen molar-refractivity contribution in [1.82, 2.24) is 10.2 Å². The second-order valence-corrected chi connectivity index (χ2v) is 7.53. The van der Waals surface area contributed by atoms with Crippen molar-refractivity contribution in [3.63, 3.8) is 0 Å². The van der Waals surface area contributed by atoms with Gasteiger partial charge in [-0.1, -0.05) is 61.0 Å². The van der Waals surface area contributed by atoms with Crippen LogP contribution >= 0.6 is 11.6 Å². The van der Waals surface area contributed by atoms with E-state index in [1.165, 1.54) is 0 Å². The van der Waals surface area contributed by atoms with E-state index in [2.05, 4.69) is 10.6 Å². The van der Waals surface area contributed by atoms with Gasteiger partial charge in [-0.25, -0.2) is 4.79 Å². The number of rotatable bonds is 4. The van der Waals surface area contributed by atoms with Gasteiger partial charge in [0.1, 0.15) is 0 Å². The minimum Gasteiger partial charge on any atom is -0.352 e. The number of likely N-dealkylation sites (tertiary alicyclic amines) is 1. The summed E-state index contributed by atoms with van der Waals surface area (Å²) in [4.78, 5) is 26.9. The molecule has 1 heterocycles. The zero-order valence-corrected chi connectivity index (χ0v) is 16.1. The van der Waals surface area contributed by atoms with E-state index in [1.807, 2.05) is 49.4 Å². The molecule has 0 radical (unpaired) electrons. The number of hydrogen-bond donors (Lipinski definition) is 2. The van der Waals surface area contributed by atoms with Crippen LogP contribution in [0.1, 0.15) is 25.3 Å². The van der Waals surface area contributed by atoms with Crippen LogP contribution < -0.4 is 10.6 Å². The van der Waals surface area contributed by atoms with Crippen LogP contribution in [-0.2, 0) is 11.3 Å². The van der Waals surface area contributed by atoms with Gasteiger partial charge in [0, 0.05) is 25.0 Å². The SMILES string of the molecule is CC1(C(=O)NCc2ccccc2)CCN(C(=O)Nc2ccccc2Cl)CC1. The number of urea groups is 1. The Labute approximate surface area is 164 Å². The van der Waals surface area contributed by atoms with E-state index < -0.39 is 5.41 Å². The van der Waals surface area contributed by atoms with Gasteiger partial charge >= 0.3 is 6.03 Å². The average Bonchev–Trinajstić information content (AvgIpc) is 2.69. The number of hydrogen-bond acceptors (Lipinski definition) is 2. The molecule has 142 valence electrons. The predicted octanol–water partition coefficient (Wildman–Crippen LogP) is 4.29. The number of benzene rings is 2. The summed E-state index contributed by atoms with van der Waals surface area (Å²) in [6.07, 6.45) is 1.26. The van der Waals surface area contributed by atoms with E-state index in [-0.39, 0.29) is 11.9 Å². The summed E-state index contributed by atoms with van der Waals surface area (Å²) in [6.45, 7) is 3.56. The minimum atomic E-state index is -0.462. The molecular weight excluding hydrogens is 362 g/mol. The molecule has 2 N–H and O–H groups in total. The highest BCUT2D eigenvalue weighted by Gasteiger charge is 2.38. The molecule has 2 aromatic carbocycles. The van der Waals surface area contributed by atoms with Gasteiger partial charge in [-0.2, -0.15) is 0 Å². The Balaban J connectivity index is 1.51. The van der Waals surface area contributed by atoms with Crippen molar-refractivity contribution < 1.29 is 9.59 Å². The molecule has 3 rings (SSSR count). The number of carbonyl (C=O) groups excluding carboxylic acids is 2. The number of piperidine rings is 1. The van der Waals surface area contributed by atoms with Crippen molar-refractivity contribution in [2.75, 3.05) is 18.4 Å². The van der Waals surface area contributed by atoms with E-state index in [1.54, 1.807) is 17.0 Å². The maximum Gasteiger partial charge on any atom is 0.321 e. The normalized spacial score (nSPS) is 15.9. The number of nitrogens with one attached hydrogen (secondary N) is 2. The monoisotopic (exact) mass is 385 g/mol. The Morgan fingerprint density at radius 1 is 1.04 bits per heavy atom. The molecule has 6 heteroatoms. The summed E-state index contributed by atoms with van der Waals surface area (Å²) < 4.78 is 0. The summed E-state index contributed by atoms with van der Waals surface area (Å²) >= 11 is 6.09. The van der Waals surface area contributed by atoms with Crippen LogP contribution in [0, 0.1) is 5.41 Å². The molecule has 5 nitrogen and oxygen atoms in total. The number of para-hydroxylation sites is 1. The second kappa shape index (κ2) is 8.44. The Hall–Kier alpha value is -2.53. The van der Waals surface area contributed by atoms with Crippen molar-refractivity contribution in [3.8, 4) is 0 Å². The first-order valence-corrected chi connectivity index (χ1v) is 9.48. The average molecular weight is 386 g/mol. The van der Waals surface area contributed by atoms with Gasteiger partial charge in [0.2, 0.25) is 5.91 Å². The van der Waals surface area contributed by atoms with Crippen LogP contribution in [-0.4, -0.2) is 29.9 Å². The first-order chi connectivity index (χ1) is 13.0. The molecular formula is C21H24ClN3O2. The Bertz CT molecular complexity index is 802. The van der Waals surface area contributed by atoms with Crippen molar-refractivity contribution in [2.24, 2.45) is 5.41 Å². The Morgan fingerprint density at radius 2 is 1.67 bits per heavy atom. The lowest BCUT2D eigenvalue weighted by molar-refractivity contribution is -0.132. The Morgan fingerprint density at radius 3 is 2.33 bits per heavy atom. The van der Waals surface area contributed by atoms with Gasteiger partial charge in [-0.3, -0.25) is 4.79 Å². The molecule has 2 aromatic rings. The number of anilines is 1. The number of halogens is 1. The van der Waals surface area contributed by atoms with Gasteiger partial charge in [-0.05, 0) is 30.5 Å². The molecule has 0 saturated carbocycles. The topological polar surface area (TPSA) is 61.4 Å². The van der Waals surface area contributed by atoms with Gasteiger partial charge in [0.15, 0.2) is 0 Å². The van der Waals surface area contributed by atoms with Crippen molar-refractivity contribution in [1.29, 1.82) is 0 Å². The van der Waals surface area contributed by atoms with Crippen LogP contribution in [0.15, 0.2) is 54.6 Å². The molecule has 0 bridgehead atoms. The van der Waals surface area contributed by atoms with Crippen molar-refractivity contribution in [2.45, 2.75) is 26.3 Å². The van der Waals surface area contributed by atoms with Gasteiger partial charge in [-0.15, -0.1) is 0 Å². The van der Waals surface area contributed by atoms with Gasteiger partial charge in [0.05, 0.1) is 10.7 Å². The summed E-state index contributed by atoms with van der Waals surface area (Å²) in [5.74, 6) is 0.0394. The van der Waals surface area contributed by atoms with Gasteiger partial charge in [0.25, 0.3) is 0 Å². The fourth-order valence-corrected chi connectivity index (χ4v) is 3.36. The van der Waals surface area contributed by atoms with E-state index in [0.717, 1.165) is 5.56 Å². The van der Waals surface area contributed by atoms with Crippen LogP contribution in [0.2, 0.25) is 5.02 Å². The van der Waals surface area contributed by atoms with Crippen molar-refractivity contribution >= 4 is 29.2 Å². The highest BCUT2D eigenvalue weighted by molar-refractivity contribution is 6.33. The smallest absolute Gasteiger partial charge is 0.321 e. The van der Waals surface area contributed by atoms with Crippen LogP contribution in [0.4, 0.5) is 10.5 Å². The first kappa shape index (κ1) is 19.2. The molecule has 3 amide bonds. The van der Waals surface area contributed by atoms with Gasteiger partial charge < -0.3 is 15.5 Å². The first-order valence-electron chi connectivity index (χ1n) is 9.11. The lowest BCUT2D eigenvalue weighted by Crippen LogP contribution is -2.49.